The first kappa shape index (κ1) is 11.9. The molecule has 0 aliphatic heterocycles. The van der Waals surface area contributed by atoms with Crippen LogP contribution in [-0.4, -0.2) is 18.3 Å². The number of aliphatic hydroxyl groups excluding tert-OH is 1. The second-order valence-corrected chi connectivity index (χ2v) is 4.70. The normalized spacial score (nSPS) is 23.3. The van der Waals surface area contributed by atoms with E-state index in [-0.39, 0.29) is 0 Å². The molecule has 0 aromatic heterocycles. The second-order valence-electron chi connectivity index (χ2n) is 4.70. The van der Waals surface area contributed by atoms with Crippen LogP contribution in [0.4, 0.5) is 5.69 Å². The molecular formula is C14H18N2O. The van der Waals surface area contributed by atoms with Crippen molar-refractivity contribution < 1.29 is 5.11 Å². The number of nitrogens with zero attached hydrogens (tertiary/aromatic N) is 1. The molecular weight excluding hydrogens is 212 g/mol. The number of hydrogen-bond acceptors (Lipinski definition) is 3. The highest BCUT2D eigenvalue weighted by Gasteiger charge is 2.25. The number of nitrogens with one attached hydrogen (secondary N) is 1. The van der Waals surface area contributed by atoms with Gasteiger partial charge in [0.15, 0.2) is 0 Å². The van der Waals surface area contributed by atoms with Crippen LogP contribution in [-0.2, 0) is 0 Å². The van der Waals surface area contributed by atoms with Gasteiger partial charge in [0.25, 0.3) is 0 Å². The van der Waals surface area contributed by atoms with Crippen molar-refractivity contribution in [2.45, 2.75) is 19.3 Å². The lowest BCUT2D eigenvalue weighted by atomic mass is 9.97. The van der Waals surface area contributed by atoms with Crippen LogP contribution in [0, 0.1) is 23.2 Å². The van der Waals surface area contributed by atoms with Gasteiger partial charge in [0.1, 0.15) is 0 Å². The van der Waals surface area contributed by atoms with Gasteiger partial charge in [-0.05, 0) is 48.9 Å². The number of rotatable bonds is 4. The van der Waals surface area contributed by atoms with Gasteiger partial charge in [-0.15, -0.1) is 0 Å². The van der Waals surface area contributed by atoms with Gasteiger partial charge in [-0.1, -0.05) is 6.42 Å². The Balaban J connectivity index is 1.87. The van der Waals surface area contributed by atoms with E-state index >= 15 is 0 Å². The van der Waals surface area contributed by atoms with Crippen molar-refractivity contribution >= 4 is 5.69 Å². The summed E-state index contributed by atoms with van der Waals surface area (Å²) < 4.78 is 0. The molecule has 1 aromatic rings. The molecule has 1 saturated carbocycles. The van der Waals surface area contributed by atoms with Crippen LogP contribution in [0.1, 0.15) is 24.8 Å². The first-order chi connectivity index (χ1) is 8.33. The van der Waals surface area contributed by atoms with Gasteiger partial charge in [-0.2, -0.15) is 5.26 Å². The summed E-state index contributed by atoms with van der Waals surface area (Å²) in [5.41, 5.74) is 1.73. The Labute approximate surface area is 102 Å². The molecule has 0 saturated heterocycles. The van der Waals surface area contributed by atoms with E-state index in [1.807, 2.05) is 24.3 Å². The molecule has 0 amide bonds. The molecule has 1 fully saturated rings. The smallest absolute Gasteiger partial charge is 0.0991 e. The minimum Gasteiger partial charge on any atom is -0.396 e. The van der Waals surface area contributed by atoms with Crippen LogP contribution in [0.5, 0.6) is 0 Å². The van der Waals surface area contributed by atoms with E-state index < -0.39 is 0 Å². The van der Waals surface area contributed by atoms with E-state index in [1.165, 1.54) is 12.8 Å². The molecule has 1 aliphatic carbocycles. The molecule has 90 valence electrons. The summed E-state index contributed by atoms with van der Waals surface area (Å²) in [6, 6.07) is 9.61. The van der Waals surface area contributed by atoms with Crippen LogP contribution in [0.2, 0.25) is 0 Å². The molecule has 2 atom stereocenters. The summed E-state index contributed by atoms with van der Waals surface area (Å²) >= 11 is 0. The Morgan fingerprint density at radius 2 is 1.94 bits per heavy atom. The van der Waals surface area contributed by atoms with Crippen molar-refractivity contribution in [3.05, 3.63) is 29.8 Å². The van der Waals surface area contributed by atoms with E-state index in [0.29, 0.717) is 24.0 Å². The topological polar surface area (TPSA) is 56.0 Å². The average Bonchev–Trinajstić information content (AvgIpc) is 2.84. The molecule has 1 aliphatic rings. The van der Waals surface area contributed by atoms with Gasteiger partial charge in [-0.25, -0.2) is 0 Å². The summed E-state index contributed by atoms with van der Waals surface area (Å²) in [5, 5.41) is 21.3. The highest BCUT2D eigenvalue weighted by atomic mass is 16.3. The van der Waals surface area contributed by atoms with Gasteiger partial charge in [0.05, 0.1) is 11.6 Å². The van der Waals surface area contributed by atoms with Crippen molar-refractivity contribution in [2.75, 3.05) is 18.5 Å². The SMILES string of the molecule is N#Cc1ccc(NCC2CCCC2CO)cc1. The van der Waals surface area contributed by atoms with Crippen molar-refractivity contribution in [2.24, 2.45) is 11.8 Å². The van der Waals surface area contributed by atoms with Crippen molar-refractivity contribution in [3.63, 3.8) is 0 Å². The summed E-state index contributed by atoms with van der Waals surface area (Å²) in [6.07, 6.45) is 3.58. The Morgan fingerprint density at radius 3 is 2.59 bits per heavy atom. The lowest BCUT2D eigenvalue weighted by Gasteiger charge is -2.18. The second kappa shape index (κ2) is 5.70. The van der Waals surface area contributed by atoms with Crippen LogP contribution < -0.4 is 5.32 Å². The third kappa shape index (κ3) is 2.98. The minimum absolute atomic E-state index is 0.305. The van der Waals surface area contributed by atoms with E-state index in [4.69, 9.17) is 5.26 Å². The highest BCUT2D eigenvalue weighted by molar-refractivity contribution is 5.47. The number of aliphatic hydroxyl groups is 1. The first-order valence-electron chi connectivity index (χ1n) is 6.18. The van der Waals surface area contributed by atoms with Crippen LogP contribution in [0.3, 0.4) is 0 Å². The molecule has 3 nitrogen and oxygen atoms in total. The van der Waals surface area contributed by atoms with Gasteiger partial charge < -0.3 is 10.4 Å². The van der Waals surface area contributed by atoms with Gasteiger partial charge in [-0.3, -0.25) is 0 Å². The largest absolute Gasteiger partial charge is 0.396 e. The summed E-state index contributed by atoms with van der Waals surface area (Å²) in [5.74, 6) is 1.04. The van der Waals surface area contributed by atoms with Gasteiger partial charge in [0.2, 0.25) is 0 Å². The zero-order valence-electron chi connectivity index (χ0n) is 9.89. The standard InChI is InChI=1S/C14H18N2O/c15-8-11-4-6-14(7-5-11)16-9-12-2-1-3-13(12)10-17/h4-7,12-13,16-17H,1-3,9-10H2. The zero-order chi connectivity index (χ0) is 12.1. The molecule has 0 bridgehead atoms. The predicted molar refractivity (Wildman–Crippen MR) is 67.6 cm³/mol. The van der Waals surface area contributed by atoms with Crippen LogP contribution in [0.15, 0.2) is 24.3 Å². The molecule has 3 heteroatoms. The Kier molecular flexibility index (Phi) is 4.00. The van der Waals surface area contributed by atoms with Gasteiger partial charge in [0, 0.05) is 18.8 Å². The van der Waals surface area contributed by atoms with E-state index in [1.54, 1.807) is 0 Å². The predicted octanol–water partition coefficient (Wildman–Crippen LogP) is 2.38. The fraction of sp³-hybridized carbons (Fsp3) is 0.500. The molecule has 2 unspecified atom stereocenters. The molecule has 2 N–H and O–H groups in total. The monoisotopic (exact) mass is 230 g/mol. The average molecular weight is 230 g/mol. The summed E-state index contributed by atoms with van der Waals surface area (Å²) in [7, 11) is 0. The Morgan fingerprint density at radius 1 is 1.24 bits per heavy atom. The summed E-state index contributed by atoms with van der Waals surface area (Å²) in [6.45, 7) is 1.22. The highest BCUT2D eigenvalue weighted by Crippen LogP contribution is 2.31. The third-order valence-electron chi connectivity index (χ3n) is 3.63. The molecule has 0 spiro atoms. The third-order valence-corrected chi connectivity index (χ3v) is 3.63. The molecule has 17 heavy (non-hydrogen) atoms. The first-order valence-corrected chi connectivity index (χ1v) is 6.18. The van der Waals surface area contributed by atoms with Crippen molar-refractivity contribution in [3.8, 4) is 6.07 Å². The fourth-order valence-corrected chi connectivity index (χ4v) is 2.53. The van der Waals surface area contributed by atoms with E-state index in [9.17, 15) is 5.11 Å². The zero-order valence-corrected chi connectivity index (χ0v) is 9.89. The van der Waals surface area contributed by atoms with Crippen molar-refractivity contribution in [1.82, 2.24) is 0 Å². The number of hydrogen-bond donors (Lipinski definition) is 2. The molecule has 2 rings (SSSR count). The lowest BCUT2D eigenvalue weighted by Crippen LogP contribution is -2.20. The van der Waals surface area contributed by atoms with Gasteiger partial charge >= 0.3 is 0 Å². The Bertz CT molecular complexity index is 394. The molecule has 1 aromatic carbocycles. The lowest BCUT2D eigenvalue weighted by molar-refractivity contribution is 0.199. The summed E-state index contributed by atoms with van der Waals surface area (Å²) in [4.78, 5) is 0. The quantitative estimate of drug-likeness (QED) is 0.835. The minimum atomic E-state index is 0.305. The van der Waals surface area contributed by atoms with Crippen LogP contribution >= 0.6 is 0 Å². The molecule has 0 heterocycles. The van der Waals surface area contributed by atoms with E-state index in [2.05, 4.69) is 11.4 Å². The molecule has 0 radical (unpaired) electrons. The van der Waals surface area contributed by atoms with E-state index in [0.717, 1.165) is 18.7 Å². The van der Waals surface area contributed by atoms with Crippen LogP contribution in [0.25, 0.3) is 0 Å². The number of anilines is 1. The maximum Gasteiger partial charge on any atom is 0.0991 e. The number of nitriles is 1. The number of benzene rings is 1. The van der Waals surface area contributed by atoms with Crippen molar-refractivity contribution in [1.29, 1.82) is 5.26 Å². The fourth-order valence-electron chi connectivity index (χ4n) is 2.53. The Hall–Kier alpha value is -1.53. The maximum absolute atomic E-state index is 9.24. The maximum atomic E-state index is 9.24.